The Kier molecular flexibility index (Phi) is 4.50. The average molecular weight is 400 g/mol. The summed E-state index contributed by atoms with van der Waals surface area (Å²) in [4.78, 5) is 15.5. The molecule has 142 valence electrons. The number of aromatic nitrogens is 3. The Morgan fingerprint density at radius 1 is 1.00 bits per heavy atom. The monoisotopic (exact) mass is 400 g/mol. The molecule has 29 heavy (non-hydrogen) atoms. The smallest absolute Gasteiger partial charge is 0.277 e. The number of benzene rings is 3. The molecule has 2 heterocycles. The summed E-state index contributed by atoms with van der Waals surface area (Å²) in [6.07, 6.45) is 1.85. The maximum atomic E-state index is 12.3. The molecule has 6 nitrogen and oxygen atoms in total. The van der Waals surface area contributed by atoms with Crippen LogP contribution in [0.25, 0.3) is 33.1 Å². The Labute approximate surface area is 170 Å². The lowest BCUT2D eigenvalue weighted by Gasteiger charge is -2.05. The highest BCUT2D eigenvalue weighted by atomic mass is 32.2. The van der Waals surface area contributed by atoms with Gasteiger partial charge in [-0.2, -0.15) is 0 Å². The first-order valence-electron chi connectivity index (χ1n) is 9.08. The van der Waals surface area contributed by atoms with Crippen molar-refractivity contribution in [3.63, 3.8) is 0 Å². The zero-order chi connectivity index (χ0) is 19.6. The van der Waals surface area contributed by atoms with E-state index in [1.54, 1.807) is 0 Å². The molecule has 0 aliphatic rings. The third-order valence-corrected chi connectivity index (χ3v) is 5.40. The van der Waals surface area contributed by atoms with Gasteiger partial charge in [0.25, 0.3) is 11.1 Å². The largest absolute Gasteiger partial charge is 0.411 e. The van der Waals surface area contributed by atoms with Crippen LogP contribution in [0.15, 0.2) is 82.6 Å². The molecule has 0 spiro atoms. The second-order valence-corrected chi connectivity index (χ2v) is 7.45. The van der Waals surface area contributed by atoms with Crippen LogP contribution in [0.3, 0.4) is 0 Å². The molecule has 0 saturated heterocycles. The number of carbonyl (C=O) groups excluding carboxylic acids is 1. The van der Waals surface area contributed by atoms with Crippen LogP contribution in [-0.4, -0.2) is 26.8 Å². The fraction of sp³-hybridized carbons (Fsp3) is 0.0455. The molecule has 0 aliphatic carbocycles. The van der Waals surface area contributed by atoms with Gasteiger partial charge in [0.1, 0.15) is 0 Å². The topological polar surface area (TPSA) is 83.8 Å². The highest BCUT2D eigenvalue weighted by molar-refractivity contribution is 7.99. The minimum Gasteiger partial charge on any atom is -0.411 e. The molecule has 3 aromatic carbocycles. The van der Waals surface area contributed by atoms with Crippen LogP contribution in [-0.2, 0) is 4.79 Å². The summed E-state index contributed by atoms with van der Waals surface area (Å²) in [6, 6.07) is 21.8. The minimum absolute atomic E-state index is 0.128. The lowest BCUT2D eigenvalue weighted by molar-refractivity contribution is -0.113. The Morgan fingerprint density at radius 2 is 1.83 bits per heavy atom. The first kappa shape index (κ1) is 17.5. The van der Waals surface area contributed by atoms with Crippen LogP contribution in [0.1, 0.15) is 0 Å². The van der Waals surface area contributed by atoms with Crippen LogP contribution in [0.5, 0.6) is 0 Å². The fourth-order valence-electron chi connectivity index (χ4n) is 3.22. The summed E-state index contributed by atoms with van der Waals surface area (Å²) < 4.78 is 5.74. The predicted molar refractivity (Wildman–Crippen MR) is 115 cm³/mol. The van der Waals surface area contributed by atoms with Crippen molar-refractivity contribution in [2.24, 2.45) is 0 Å². The van der Waals surface area contributed by atoms with Crippen molar-refractivity contribution in [3.8, 4) is 11.5 Å². The molecule has 1 amide bonds. The summed E-state index contributed by atoms with van der Waals surface area (Å²) >= 11 is 1.21. The van der Waals surface area contributed by atoms with E-state index in [2.05, 4.69) is 20.5 Å². The highest BCUT2D eigenvalue weighted by Crippen LogP contribution is 2.29. The molecule has 2 N–H and O–H groups in total. The number of fused-ring (bicyclic) bond motifs is 2. The van der Waals surface area contributed by atoms with Crippen molar-refractivity contribution < 1.29 is 9.21 Å². The van der Waals surface area contributed by atoms with Gasteiger partial charge in [-0.05, 0) is 29.0 Å². The molecule has 5 aromatic rings. The SMILES string of the molecule is O=C(CSc1nnc(-c2c[nH]c3ccccc23)o1)Nc1ccc2ccccc2c1. The normalized spacial score (nSPS) is 11.2. The number of nitrogens with zero attached hydrogens (tertiary/aromatic N) is 2. The van der Waals surface area contributed by atoms with Crippen molar-refractivity contribution in [1.29, 1.82) is 0 Å². The van der Waals surface area contributed by atoms with E-state index in [4.69, 9.17) is 4.42 Å². The summed E-state index contributed by atoms with van der Waals surface area (Å²) in [5, 5.41) is 14.7. The molecule has 0 unspecified atom stereocenters. The molecule has 0 radical (unpaired) electrons. The number of carbonyl (C=O) groups is 1. The standard InChI is InChI=1S/C22H16N4O2S/c27-20(24-16-10-9-14-5-1-2-6-15(14)11-16)13-29-22-26-25-21(28-22)18-12-23-19-8-4-3-7-17(18)19/h1-12,23H,13H2,(H,24,27). The van der Waals surface area contributed by atoms with Gasteiger partial charge < -0.3 is 14.7 Å². The van der Waals surface area contributed by atoms with Gasteiger partial charge in [-0.15, -0.1) is 10.2 Å². The van der Waals surface area contributed by atoms with Gasteiger partial charge in [0.2, 0.25) is 5.91 Å². The van der Waals surface area contributed by atoms with E-state index >= 15 is 0 Å². The molecular formula is C22H16N4O2S. The van der Waals surface area contributed by atoms with Crippen LogP contribution < -0.4 is 5.32 Å². The molecule has 0 bridgehead atoms. The quantitative estimate of drug-likeness (QED) is 0.401. The third-order valence-electron chi connectivity index (χ3n) is 4.59. The summed E-state index contributed by atoms with van der Waals surface area (Å²) in [7, 11) is 0. The zero-order valence-electron chi connectivity index (χ0n) is 15.3. The molecule has 0 saturated carbocycles. The van der Waals surface area contributed by atoms with Crippen LogP contribution >= 0.6 is 11.8 Å². The molecule has 5 rings (SSSR count). The average Bonchev–Trinajstić information content (AvgIpc) is 3.39. The Bertz CT molecular complexity index is 1320. The number of hydrogen-bond acceptors (Lipinski definition) is 5. The van der Waals surface area contributed by atoms with E-state index in [0.717, 1.165) is 32.9 Å². The number of H-pyrrole nitrogens is 1. The van der Waals surface area contributed by atoms with Gasteiger partial charge >= 0.3 is 0 Å². The van der Waals surface area contributed by atoms with Crippen LogP contribution in [0.2, 0.25) is 0 Å². The second kappa shape index (κ2) is 7.44. The number of amides is 1. The zero-order valence-corrected chi connectivity index (χ0v) is 16.1. The van der Waals surface area contributed by atoms with Crippen molar-refractivity contribution in [1.82, 2.24) is 15.2 Å². The minimum atomic E-state index is -0.128. The number of anilines is 1. The van der Waals surface area contributed by atoms with E-state index in [0.29, 0.717) is 11.1 Å². The summed E-state index contributed by atoms with van der Waals surface area (Å²) in [5.74, 6) is 0.486. The Hall–Kier alpha value is -3.58. The predicted octanol–water partition coefficient (Wildman–Crippen LogP) is 5.10. The van der Waals surface area contributed by atoms with Crippen LogP contribution in [0, 0.1) is 0 Å². The first-order valence-corrected chi connectivity index (χ1v) is 10.1. The van der Waals surface area contributed by atoms with Gasteiger partial charge in [0, 0.05) is 22.8 Å². The molecule has 2 aromatic heterocycles. The van der Waals surface area contributed by atoms with Gasteiger partial charge in [0.05, 0.1) is 11.3 Å². The number of aromatic amines is 1. The lowest BCUT2D eigenvalue weighted by atomic mass is 10.1. The highest BCUT2D eigenvalue weighted by Gasteiger charge is 2.14. The van der Waals surface area contributed by atoms with E-state index in [1.807, 2.05) is 72.9 Å². The summed E-state index contributed by atoms with van der Waals surface area (Å²) in [5.41, 5.74) is 2.62. The number of rotatable bonds is 5. The van der Waals surface area contributed by atoms with Crippen molar-refractivity contribution >= 4 is 45.0 Å². The van der Waals surface area contributed by atoms with E-state index in [-0.39, 0.29) is 11.7 Å². The van der Waals surface area contributed by atoms with E-state index < -0.39 is 0 Å². The Morgan fingerprint density at radius 3 is 2.76 bits per heavy atom. The van der Waals surface area contributed by atoms with Gasteiger partial charge in [-0.25, -0.2) is 0 Å². The number of hydrogen-bond donors (Lipinski definition) is 2. The molecule has 0 fully saturated rings. The summed E-state index contributed by atoms with van der Waals surface area (Å²) in [6.45, 7) is 0. The van der Waals surface area contributed by atoms with Gasteiger partial charge in [-0.1, -0.05) is 60.3 Å². The fourth-order valence-corrected chi connectivity index (χ4v) is 3.78. The Balaban J connectivity index is 1.25. The molecular weight excluding hydrogens is 384 g/mol. The number of thioether (sulfide) groups is 1. The molecule has 0 aliphatic heterocycles. The first-order chi connectivity index (χ1) is 14.3. The number of para-hydroxylation sites is 1. The van der Waals surface area contributed by atoms with Crippen LogP contribution in [0.4, 0.5) is 5.69 Å². The maximum Gasteiger partial charge on any atom is 0.277 e. The second-order valence-electron chi connectivity index (χ2n) is 6.52. The van der Waals surface area contributed by atoms with E-state index in [9.17, 15) is 4.79 Å². The van der Waals surface area contributed by atoms with Crippen molar-refractivity contribution in [2.45, 2.75) is 5.22 Å². The van der Waals surface area contributed by atoms with E-state index in [1.165, 1.54) is 11.8 Å². The van der Waals surface area contributed by atoms with Gasteiger partial charge in [-0.3, -0.25) is 4.79 Å². The lowest BCUT2D eigenvalue weighted by Crippen LogP contribution is -2.13. The van der Waals surface area contributed by atoms with Crippen molar-refractivity contribution in [2.75, 3.05) is 11.1 Å². The van der Waals surface area contributed by atoms with Gasteiger partial charge in [0.15, 0.2) is 0 Å². The number of nitrogens with one attached hydrogen (secondary N) is 2. The third kappa shape index (κ3) is 3.60. The molecule has 7 heteroatoms. The molecule has 0 atom stereocenters. The maximum absolute atomic E-state index is 12.3. The van der Waals surface area contributed by atoms with Crippen molar-refractivity contribution in [3.05, 3.63) is 72.9 Å².